The van der Waals surface area contributed by atoms with Gasteiger partial charge in [-0.2, -0.15) is 0 Å². The van der Waals surface area contributed by atoms with Crippen LogP contribution in [0, 0.1) is 0 Å². The molecule has 3 heterocycles. The van der Waals surface area contributed by atoms with Gasteiger partial charge in [0.2, 0.25) is 20.0 Å². The molecular weight excluding hydrogens is 1820 g/mol. The standard InChI is InChI=1S/C33H47Cl2N3O10S.C24H33Cl2N3O5S.C23H29Cl2NO4S.C4H6O6/c1-3-45-11-5-8-30(39)31(40)32(41)33(42)36-9-12-46-14-16-48-17-15-47-13-10-37-49(43,44)25-7-4-6-23(18-25)27-21-38(2)22-28-26(27)19-24(34)20-29(28)35;1-29-16-22(21-14-19(25)15-24(26)23(21)17-29)18-3-2-4-20(13-18)35(30,31)28-6-8-33-10-12-34-11-9-32-7-5-27;1-3-29-9-10-30-8-5-11-31(27,28)19-7-4-6-17(12-19)21-15-26(2)16-22-20(21)13-18(24)14-23(22)25;5-1(3(7)8)2(6)4(9)10/h4,6-7,18-20,27,31-32,37,40-41H,3,5,8-17,21-22H2,1-2H3,(H,36,42);2-4,13-15,22,28H,5-12,16-17,27H2,1H3;4,6-7,12-14,21H,3,5,8-11,15-16H2,1-2H3;1-2,5-6H,(H,7,8)(H,9,10)/t27?,31-,32+;;;1-,2-/m1..0/s1. The second-order valence-electron chi connectivity index (χ2n) is 29.1. The van der Waals surface area contributed by atoms with Gasteiger partial charge in [0.25, 0.3) is 5.91 Å². The van der Waals surface area contributed by atoms with Gasteiger partial charge in [0.15, 0.2) is 33.9 Å². The number of sulfone groups is 1. The van der Waals surface area contributed by atoms with E-state index in [4.69, 9.17) is 138 Å². The number of carbonyl (C=O) groups is 4. The Morgan fingerprint density at radius 2 is 0.752 bits per heavy atom. The van der Waals surface area contributed by atoms with E-state index in [-0.39, 0.29) is 106 Å². The fourth-order valence-electron chi connectivity index (χ4n) is 13.4. The summed E-state index contributed by atoms with van der Waals surface area (Å²) in [5, 5.41) is 58.3. The molecule has 0 fully saturated rings. The molecule has 3 aliphatic rings. The molecule has 0 aromatic heterocycles. The van der Waals surface area contributed by atoms with Gasteiger partial charge >= 0.3 is 11.9 Å². The Morgan fingerprint density at radius 1 is 0.424 bits per heavy atom. The van der Waals surface area contributed by atoms with E-state index < -0.39 is 77.9 Å². The third-order valence-corrected chi connectivity index (χ3v) is 25.9. The second-order valence-corrected chi connectivity index (χ2v) is 37.3. The number of nitrogens with two attached hydrogens (primary N) is 1. The van der Waals surface area contributed by atoms with Crippen LogP contribution in [-0.2, 0) is 111 Å². The summed E-state index contributed by atoms with van der Waals surface area (Å²) < 4.78 is 131. The summed E-state index contributed by atoms with van der Waals surface area (Å²) in [7, 11) is -4.83. The highest BCUT2D eigenvalue weighted by atomic mass is 35.5. The van der Waals surface area contributed by atoms with Crippen molar-refractivity contribution < 1.29 is 118 Å². The lowest BCUT2D eigenvalue weighted by Gasteiger charge is -2.33. The van der Waals surface area contributed by atoms with Crippen molar-refractivity contribution in [2.24, 2.45) is 5.73 Å². The van der Waals surface area contributed by atoms with Crippen molar-refractivity contribution in [2.45, 2.75) is 110 Å². The molecule has 32 nitrogen and oxygen atoms in total. The first-order valence-corrected chi connectivity index (χ1v) is 47.3. The molecule has 11 N–H and O–H groups in total. The zero-order valence-electron chi connectivity index (χ0n) is 70.4. The maximum Gasteiger partial charge on any atom is 0.335 e. The van der Waals surface area contributed by atoms with Crippen molar-refractivity contribution >= 4 is 123 Å². The first kappa shape index (κ1) is 108. The lowest BCUT2D eigenvalue weighted by Crippen LogP contribution is -2.46. The van der Waals surface area contributed by atoms with E-state index in [0.29, 0.717) is 147 Å². The van der Waals surface area contributed by atoms with Crippen LogP contribution in [-0.4, -0.2) is 310 Å². The summed E-state index contributed by atoms with van der Waals surface area (Å²) in [6.45, 7) is 15.6. The van der Waals surface area contributed by atoms with Crippen LogP contribution in [0.3, 0.4) is 0 Å². The number of rotatable bonds is 50. The maximum absolute atomic E-state index is 13.0. The monoisotopic (exact) mass is 1930 g/mol. The van der Waals surface area contributed by atoms with Crippen LogP contribution in [0.25, 0.3) is 0 Å². The average molecular weight is 1930 g/mol. The van der Waals surface area contributed by atoms with Gasteiger partial charge in [-0.25, -0.2) is 44.3 Å². The third-order valence-electron chi connectivity index (χ3n) is 19.5. The van der Waals surface area contributed by atoms with E-state index in [1.807, 2.05) is 71.4 Å². The Morgan fingerprint density at radius 3 is 1.13 bits per heavy atom. The van der Waals surface area contributed by atoms with Gasteiger partial charge in [0.05, 0.1) is 113 Å². The van der Waals surface area contributed by atoms with Gasteiger partial charge in [-0.15, -0.1) is 0 Å². The Labute approximate surface area is 761 Å². The summed E-state index contributed by atoms with van der Waals surface area (Å²) in [6, 6.07) is 32.1. The number of amides is 1. The smallest absolute Gasteiger partial charge is 0.335 e. The SMILES string of the molecule is CCOCCCC(=O)[C@@H](O)[C@H](O)C(=O)NCCOCCOCCOCCNS(=O)(=O)c1cccc(C2CN(C)Cc3c(Cl)cc(Cl)cc32)c1.CCOCCOCCCS(=O)(=O)c1cccc(C2CN(C)Cc3c(Cl)cc(Cl)cc32)c1.CN1Cc2c(Cl)cc(Cl)cc2C(c2cccc(S(=O)(=O)NCCOCCOCCOCCN)c2)C1.O=C(O)[C@@H](O)[C@H](O)C(=O)O. The fourth-order valence-corrected chi connectivity index (χ4v) is 18.5. The summed E-state index contributed by atoms with van der Waals surface area (Å²) in [5.74, 6) is -5.12. The summed E-state index contributed by atoms with van der Waals surface area (Å²) >= 11 is 38.2. The summed E-state index contributed by atoms with van der Waals surface area (Å²) in [5.41, 5.74) is 14.2. The van der Waals surface area contributed by atoms with Crippen molar-refractivity contribution in [3.05, 3.63) is 189 Å². The number of halogens is 6. The van der Waals surface area contributed by atoms with E-state index in [9.17, 15) is 54.6 Å². The van der Waals surface area contributed by atoms with Crippen molar-refractivity contribution in [3.63, 3.8) is 0 Å². The van der Waals surface area contributed by atoms with Crippen LogP contribution in [0.2, 0.25) is 30.1 Å². The van der Waals surface area contributed by atoms with E-state index in [0.717, 1.165) is 69.7 Å². The summed E-state index contributed by atoms with van der Waals surface area (Å²) in [4.78, 5) is 50.6. The molecule has 0 aliphatic carbocycles. The van der Waals surface area contributed by atoms with Crippen LogP contribution in [0.1, 0.15) is 101 Å². The molecule has 0 saturated heterocycles. The van der Waals surface area contributed by atoms with E-state index in [1.54, 1.807) is 72.8 Å². The van der Waals surface area contributed by atoms with Gasteiger partial charge in [-0.05, 0) is 171 Å². The molecule has 41 heteroatoms. The summed E-state index contributed by atoms with van der Waals surface area (Å²) in [6.07, 6.45) is -7.37. The molecule has 3 unspecified atom stereocenters. The van der Waals surface area contributed by atoms with Crippen molar-refractivity contribution in [2.75, 3.05) is 192 Å². The Balaban J connectivity index is 0.000000281. The third kappa shape index (κ3) is 36.5. The largest absolute Gasteiger partial charge is 0.479 e. The molecule has 696 valence electrons. The predicted octanol–water partition coefficient (Wildman–Crippen LogP) is 7.65. The van der Waals surface area contributed by atoms with Crippen molar-refractivity contribution in [3.8, 4) is 0 Å². The van der Waals surface area contributed by atoms with Crippen LogP contribution >= 0.6 is 69.6 Å². The Hall–Kier alpha value is -5.77. The van der Waals surface area contributed by atoms with Crippen LogP contribution in [0.4, 0.5) is 0 Å². The number of hydrogen-bond acceptors (Lipinski definition) is 27. The van der Waals surface area contributed by atoms with Crippen molar-refractivity contribution in [1.82, 2.24) is 29.5 Å². The number of carboxylic acid groups (broad SMARTS) is 2. The molecule has 6 aromatic rings. The highest BCUT2D eigenvalue weighted by molar-refractivity contribution is 7.91. The quantitative estimate of drug-likeness (QED) is 0.0164. The minimum absolute atomic E-state index is 0.00185. The first-order valence-electron chi connectivity index (χ1n) is 40.4. The number of aliphatic hydroxyl groups is 4. The highest BCUT2D eigenvalue weighted by Crippen LogP contribution is 2.42. The second kappa shape index (κ2) is 56.1. The van der Waals surface area contributed by atoms with Gasteiger partial charge < -0.3 is 99.0 Å². The number of fused-ring (bicyclic) bond motifs is 3. The average Bonchev–Trinajstić information content (AvgIpc) is 0.780. The van der Waals surface area contributed by atoms with Gasteiger partial charge in [-0.3, -0.25) is 9.59 Å². The highest BCUT2D eigenvalue weighted by Gasteiger charge is 2.34. The molecule has 9 rings (SSSR count). The number of ether oxygens (including phenoxy) is 9. The lowest BCUT2D eigenvalue weighted by atomic mass is 9.85. The van der Waals surface area contributed by atoms with Crippen molar-refractivity contribution in [1.29, 1.82) is 0 Å². The molecule has 3 aliphatic heterocycles. The van der Waals surface area contributed by atoms with Crippen LogP contribution < -0.4 is 20.5 Å². The Bertz CT molecular complexity index is 4730. The normalized spacial score (nSPS) is 16.4. The number of nitrogens with one attached hydrogen (secondary N) is 3. The Kier molecular flexibility index (Phi) is 48.4. The zero-order chi connectivity index (χ0) is 91.8. The number of sulfonamides is 2. The number of aliphatic carboxylic acids is 2. The number of carbonyl (C=O) groups excluding carboxylic acids is 2. The van der Waals surface area contributed by atoms with E-state index >= 15 is 0 Å². The molecule has 0 bridgehead atoms. The topological polar surface area (TPSA) is 447 Å². The molecule has 7 atom stereocenters. The molecule has 0 radical (unpaired) electrons. The zero-order valence-corrected chi connectivity index (χ0v) is 77.4. The molecular formula is C84H115Cl6N7O25S3. The van der Waals surface area contributed by atoms with Gasteiger partial charge in [0.1, 0.15) is 6.10 Å². The molecule has 0 spiro atoms. The number of nitrogens with zero attached hydrogens (tertiary/aromatic N) is 3. The van der Waals surface area contributed by atoms with Gasteiger partial charge in [0, 0.05) is 146 Å². The van der Waals surface area contributed by atoms with E-state index in [1.165, 1.54) is 0 Å². The first-order chi connectivity index (χ1) is 59.5. The number of hydrogen-bond donors (Lipinski definition) is 10. The minimum Gasteiger partial charge on any atom is -0.479 e. The number of likely N-dealkylation sites (N-methyl/N-ethyl adjacent to an activating group) is 3. The van der Waals surface area contributed by atoms with Crippen LogP contribution in [0.5, 0.6) is 0 Å². The lowest BCUT2D eigenvalue weighted by molar-refractivity contribution is -0.165. The molecule has 125 heavy (non-hydrogen) atoms. The predicted molar refractivity (Wildman–Crippen MR) is 475 cm³/mol. The number of ketones is 1. The molecule has 6 aromatic carbocycles. The fraction of sp³-hybridized carbons (Fsp3) is 0.524. The number of Topliss-reactive ketones (excluding diaryl/α,β-unsaturated/α-hetero) is 1. The minimum atomic E-state index is -3.78. The van der Waals surface area contributed by atoms with E-state index in [2.05, 4.69) is 29.5 Å². The van der Waals surface area contributed by atoms with Gasteiger partial charge in [-0.1, -0.05) is 106 Å². The molecule has 1 amide bonds. The maximum atomic E-state index is 13.0. The number of aliphatic hydroxyl groups excluding tert-OH is 4. The molecule has 0 saturated carbocycles. The van der Waals surface area contributed by atoms with Crippen LogP contribution in [0.15, 0.2) is 124 Å². The number of benzene rings is 6. The number of carboxylic acids is 2.